The van der Waals surface area contributed by atoms with Crippen LogP contribution in [0.15, 0.2) is 41.0 Å². The van der Waals surface area contributed by atoms with E-state index in [0.29, 0.717) is 22.2 Å². The fourth-order valence-corrected chi connectivity index (χ4v) is 2.37. The van der Waals surface area contributed by atoms with E-state index in [1.165, 1.54) is 12.3 Å². The molecule has 0 aliphatic rings. The lowest BCUT2D eigenvalue weighted by Gasteiger charge is -2.09. The maximum absolute atomic E-state index is 11.7. The van der Waals surface area contributed by atoms with E-state index in [0.717, 1.165) is 0 Å². The van der Waals surface area contributed by atoms with Gasteiger partial charge in [-0.15, -0.1) is 0 Å². The molecule has 0 bridgehead atoms. The average molecular weight is 414 g/mol. The van der Waals surface area contributed by atoms with E-state index in [1.54, 1.807) is 24.3 Å². The number of hydrogen-bond donors (Lipinski definition) is 3. The van der Waals surface area contributed by atoms with Gasteiger partial charge in [0.05, 0.1) is 24.4 Å². The third-order valence-electron chi connectivity index (χ3n) is 3.20. The van der Waals surface area contributed by atoms with Gasteiger partial charge in [-0.25, -0.2) is 0 Å². The molecule has 1 aromatic heterocycles. The first kappa shape index (κ1) is 20.6. The third-order valence-corrected chi connectivity index (χ3v) is 3.73. The lowest BCUT2D eigenvalue weighted by molar-refractivity contribution is -0.128. The number of carbonyl (C=O) groups is 3. The van der Waals surface area contributed by atoms with E-state index in [1.807, 2.05) is 0 Å². The zero-order valence-corrected chi connectivity index (χ0v) is 15.6. The molecule has 0 fully saturated rings. The van der Waals surface area contributed by atoms with Gasteiger partial charge in [-0.05, 0) is 36.8 Å². The summed E-state index contributed by atoms with van der Waals surface area (Å²) in [6, 6.07) is 7.87. The van der Waals surface area contributed by atoms with E-state index in [4.69, 9.17) is 32.4 Å². The first-order valence-electron chi connectivity index (χ1n) is 7.93. The van der Waals surface area contributed by atoms with Crippen LogP contribution in [0.25, 0.3) is 0 Å². The van der Waals surface area contributed by atoms with Crippen LogP contribution in [0.5, 0.6) is 5.75 Å². The van der Waals surface area contributed by atoms with Crippen LogP contribution in [-0.2, 0) is 9.59 Å². The molecule has 0 aliphatic carbocycles. The minimum absolute atomic E-state index is 0.0904. The van der Waals surface area contributed by atoms with Gasteiger partial charge in [-0.2, -0.15) is 0 Å². The summed E-state index contributed by atoms with van der Waals surface area (Å²) in [5, 5.41) is 3.24. The molecule has 1 heterocycles. The monoisotopic (exact) mass is 413 g/mol. The quantitative estimate of drug-likeness (QED) is 0.454. The maximum Gasteiger partial charge on any atom is 0.287 e. The fourth-order valence-electron chi connectivity index (χ4n) is 1.91. The number of furan rings is 1. The second kappa shape index (κ2) is 10.4. The number of carbonyl (C=O) groups excluding carboxylic acids is 3. The minimum Gasteiger partial charge on any atom is -0.492 e. The van der Waals surface area contributed by atoms with Crippen LogP contribution in [0.1, 0.15) is 23.4 Å². The smallest absolute Gasteiger partial charge is 0.287 e. The second-order valence-electron chi connectivity index (χ2n) is 5.28. The normalized spacial score (nSPS) is 10.1. The molecule has 8 nitrogen and oxygen atoms in total. The van der Waals surface area contributed by atoms with Gasteiger partial charge in [0.1, 0.15) is 5.75 Å². The van der Waals surface area contributed by atoms with Crippen LogP contribution in [0.4, 0.5) is 0 Å². The Labute approximate surface area is 165 Å². The minimum atomic E-state index is -0.576. The molecule has 27 heavy (non-hydrogen) atoms. The summed E-state index contributed by atoms with van der Waals surface area (Å²) in [6.45, 7) is -0.0418. The predicted molar refractivity (Wildman–Crippen MR) is 98.5 cm³/mol. The van der Waals surface area contributed by atoms with Crippen LogP contribution in [0.2, 0.25) is 10.0 Å². The van der Waals surface area contributed by atoms with E-state index in [-0.39, 0.29) is 25.3 Å². The van der Waals surface area contributed by atoms with Crippen molar-refractivity contribution in [1.82, 2.24) is 16.2 Å². The molecule has 0 aliphatic heterocycles. The molecule has 3 N–H and O–H groups in total. The fraction of sp³-hybridized carbons (Fsp3) is 0.235. The van der Waals surface area contributed by atoms with Crippen molar-refractivity contribution in [3.05, 3.63) is 52.4 Å². The Kier molecular flexibility index (Phi) is 7.97. The zero-order valence-electron chi connectivity index (χ0n) is 14.1. The highest BCUT2D eigenvalue weighted by Gasteiger charge is 2.11. The topological polar surface area (TPSA) is 110 Å². The summed E-state index contributed by atoms with van der Waals surface area (Å²) in [5.74, 6) is -0.937. The van der Waals surface area contributed by atoms with Crippen LogP contribution < -0.4 is 20.9 Å². The molecule has 0 saturated heterocycles. The predicted octanol–water partition coefficient (Wildman–Crippen LogP) is 2.32. The summed E-state index contributed by atoms with van der Waals surface area (Å²) in [6.07, 6.45) is 1.89. The molecule has 1 aromatic carbocycles. The van der Waals surface area contributed by atoms with Crippen molar-refractivity contribution < 1.29 is 23.5 Å². The number of rotatable bonds is 8. The van der Waals surface area contributed by atoms with E-state index >= 15 is 0 Å². The van der Waals surface area contributed by atoms with Gasteiger partial charge in [0.25, 0.3) is 11.8 Å². The number of nitrogens with one attached hydrogen (secondary N) is 3. The van der Waals surface area contributed by atoms with Gasteiger partial charge in [0.15, 0.2) is 5.76 Å². The largest absolute Gasteiger partial charge is 0.492 e. The molecule has 0 radical (unpaired) electrons. The molecule has 0 spiro atoms. The molecule has 2 rings (SSSR count). The van der Waals surface area contributed by atoms with Crippen molar-refractivity contribution in [3.8, 4) is 5.75 Å². The van der Waals surface area contributed by atoms with E-state index < -0.39 is 17.7 Å². The summed E-state index contributed by atoms with van der Waals surface area (Å²) < 4.78 is 10.3. The van der Waals surface area contributed by atoms with Gasteiger partial charge in [0.2, 0.25) is 5.91 Å². The van der Waals surface area contributed by atoms with Crippen molar-refractivity contribution in [2.75, 3.05) is 13.2 Å². The van der Waals surface area contributed by atoms with Crippen LogP contribution in [-0.4, -0.2) is 30.9 Å². The standard InChI is InChI=1S/C17H17Cl2N3O5/c18-11-5-6-13(12(19)9-11)26-8-2-4-15(23)21-22-16(24)10-20-17(25)14-3-1-7-27-14/h1,3,5-7,9H,2,4,8,10H2,(H,20,25)(H,21,23)(H,22,24). The highest BCUT2D eigenvalue weighted by molar-refractivity contribution is 6.35. The Morgan fingerprint density at radius 1 is 1.07 bits per heavy atom. The maximum atomic E-state index is 11.7. The van der Waals surface area contributed by atoms with E-state index in [9.17, 15) is 14.4 Å². The zero-order chi connectivity index (χ0) is 19.6. The third kappa shape index (κ3) is 7.20. The molecule has 0 unspecified atom stereocenters. The Morgan fingerprint density at radius 2 is 1.85 bits per heavy atom. The lowest BCUT2D eigenvalue weighted by atomic mass is 10.3. The van der Waals surface area contributed by atoms with Crippen molar-refractivity contribution in [3.63, 3.8) is 0 Å². The second-order valence-corrected chi connectivity index (χ2v) is 6.13. The van der Waals surface area contributed by atoms with Gasteiger partial charge < -0.3 is 14.5 Å². The van der Waals surface area contributed by atoms with Gasteiger partial charge in [-0.3, -0.25) is 25.2 Å². The Bertz CT molecular complexity index is 796. The van der Waals surface area contributed by atoms with Gasteiger partial charge >= 0.3 is 0 Å². The summed E-state index contributed by atoms with van der Waals surface area (Å²) in [7, 11) is 0. The Balaban J connectivity index is 1.57. The Hall–Kier alpha value is -2.71. The molecule has 3 amide bonds. The van der Waals surface area contributed by atoms with Crippen molar-refractivity contribution in [1.29, 1.82) is 0 Å². The molecule has 10 heteroatoms. The van der Waals surface area contributed by atoms with Crippen molar-refractivity contribution in [2.45, 2.75) is 12.8 Å². The first-order chi connectivity index (χ1) is 13.0. The van der Waals surface area contributed by atoms with E-state index in [2.05, 4.69) is 16.2 Å². The number of amides is 3. The molecule has 0 saturated carbocycles. The molecular formula is C17H17Cl2N3O5. The molecule has 144 valence electrons. The number of halogens is 2. The molecule has 0 atom stereocenters. The highest BCUT2D eigenvalue weighted by atomic mass is 35.5. The average Bonchev–Trinajstić information content (AvgIpc) is 3.17. The number of hydrogen-bond acceptors (Lipinski definition) is 5. The number of hydrazine groups is 1. The van der Waals surface area contributed by atoms with Crippen LogP contribution in [0, 0.1) is 0 Å². The van der Waals surface area contributed by atoms with Gasteiger partial charge in [-0.1, -0.05) is 23.2 Å². The van der Waals surface area contributed by atoms with Crippen molar-refractivity contribution >= 4 is 40.9 Å². The Morgan fingerprint density at radius 3 is 2.56 bits per heavy atom. The van der Waals surface area contributed by atoms with Crippen LogP contribution in [0.3, 0.4) is 0 Å². The molecular weight excluding hydrogens is 397 g/mol. The summed E-state index contributed by atoms with van der Waals surface area (Å²) >= 11 is 11.8. The molecule has 2 aromatic rings. The lowest BCUT2D eigenvalue weighted by Crippen LogP contribution is -2.46. The first-order valence-corrected chi connectivity index (χ1v) is 8.68. The SMILES string of the molecule is O=C(CCCOc1ccc(Cl)cc1Cl)NNC(=O)CNC(=O)c1ccco1. The highest BCUT2D eigenvalue weighted by Crippen LogP contribution is 2.27. The summed E-state index contributed by atoms with van der Waals surface area (Å²) in [5.41, 5.74) is 4.44. The van der Waals surface area contributed by atoms with Crippen LogP contribution >= 0.6 is 23.2 Å². The number of ether oxygens (including phenoxy) is 1. The van der Waals surface area contributed by atoms with Crippen molar-refractivity contribution in [2.24, 2.45) is 0 Å². The summed E-state index contributed by atoms with van der Waals surface area (Å²) in [4.78, 5) is 34.8. The number of benzene rings is 1. The van der Waals surface area contributed by atoms with Gasteiger partial charge in [0, 0.05) is 11.4 Å².